The minimum absolute atomic E-state index is 0.136. The van der Waals surface area contributed by atoms with Crippen LogP contribution in [0.3, 0.4) is 0 Å². The largest absolute Gasteiger partial charge is 0.458 e. The van der Waals surface area contributed by atoms with Gasteiger partial charge in [0.25, 0.3) is 0 Å². The summed E-state index contributed by atoms with van der Waals surface area (Å²) in [6, 6.07) is 9.47. The quantitative estimate of drug-likeness (QED) is 0.843. The Bertz CT molecular complexity index is 522. The Balaban J connectivity index is 1.95. The number of hydrogen-bond acceptors (Lipinski definition) is 3. The summed E-state index contributed by atoms with van der Waals surface area (Å²) in [6.45, 7) is 6.27. The SMILES string of the molecule is CC1(C)[C@@H]2CC[C@]1(C)C(=O)O[C@@H]2[C@H](O)c1ccccc1. The molecule has 4 atom stereocenters. The number of benzene rings is 1. The van der Waals surface area contributed by atoms with E-state index >= 15 is 0 Å². The number of esters is 1. The third-order valence-corrected chi connectivity index (χ3v) is 5.85. The minimum Gasteiger partial charge on any atom is -0.458 e. The van der Waals surface area contributed by atoms with E-state index in [2.05, 4.69) is 13.8 Å². The normalized spacial score (nSPS) is 36.5. The van der Waals surface area contributed by atoms with E-state index in [1.807, 2.05) is 37.3 Å². The number of aliphatic hydroxyl groups excluding tert-OH is 1. The van der Waals surface area contributed by atoms with Crippen LogP contribution < -0.4 is 0 Å². The topological polar surface area (TPSA) is 46.5 Å². The maximum Gasteiger partial charge on any atom is 0.312 e. The molecule has 1 N–H and O–H groups in total. The van der Waals surface area contributed by atoms with Crippen LogP contribution in [0.4, 0.5) is 0 Å². The van der Waals surface area contributed by atoms with E-state index < -0.39 is 17.6 Å². The van der Waals surface area contributed by atoms with Crippen molar-refractivity contribution in [2.75, 3.05) is 0 Å². The predicted octanol–water partition coefficient (Wildman–Crippen LogP) is 3.09. The first-order chi connectivity index (χ1) is 9.38. The molecule has 1 saturated heterocycles. The van der Waals surface area contributed by atoms with Gasteiger partial charge in [0.05, 0.1) is 5.41 Å². The number of rotatable bonds is 2. The molecule has 20 heavy (non-hydrogen) atoms. The Morgan fingerprint density at radius 3 is 2.55 bits per heavy atom. The van der Waals surface area contributed by atoms with Crippen molar-refractivity contribution in [2.24, 2.45) is 16.7 Å². The van der Waals surface area contributed by atoms with Gasteiger partial charge in [-0.3, -0.25) is 4.79 Å². The van der Waals surface area contributed by atoms with Gasteiger partial charge in [-0.1, -0.05) is 44.2 Å². The lowest BCUT2D eigenvalue weighted by Gasteiger charge is -2.48. The van der Waals surface area contributed by atoms with Crippen LogP contribution >= 0.6 is 0 Å². The maximum atomic E-state index is 12.4. The van der Waals surface area contributed by atoms with E-state index in [1.54, 1.807) is 0 Å². The molecule has 3 rings (SSSR count). The minimum atomic E-state index is -0.743. The smallest absolute Gasteiger partial charge is 0.312 e. The molecule has 2 bridgehead atoms. The molecule has 3 nitrogen and oxygen atoms in total. The fourth-order valence-corrected chi connectivity index (χ4v) is 3.94. The van der Waals surface area contributed by atoms with E-state index in [4.69, 9.17) is 4.74 Å². The second-order valence-corrected chi connectivity index (χ2v) is 6.92. The van der Waals surface area contributed by atoms with Crippen molar-refractivity contribution >= 4 is 5.97 Å². The Morgan fingerprint density at radius 1 is 1.25 bits per heavy atom. The predicted molar refractivity (Wildman–Crippen MR) is 75.9 cm³/mol. The summed E-state index contributed by atoms with van der Waals surface area (Å²) in [5, 5.41) is 10.6. The van der Waals surface area contributed by atoms with Gasteiger partial charge in [0.15, 0.2) is 0 Å². The molecule has 3 heteroatoms. The van der Waals surface area contributed by atoms with Gasteiger partial charge in [-0.05, 0) is 30.7 Å². The Labute approximate surface area is 120 Å². The van der Waals surface area contributed by atoms with Gasteiger partial charge in [0.1, 0.15) is 12.2 Å². The third kappa shape index (κ3) is 1.65. The van der Waals surface area contributed by atoms with Crippen molar-refractivity contribution in [1.29, 1.82) is 0 Å². The summed E-state index contributed by atoms with van der Waals surface area (Å²) in [5.41, 5.74) is 0.268. The average molecular weight is 274 g/mol. The summed E-state index contributed by atoms with van der Waals surface area (Å²) in [7, 11) is 0. The number of ether oxygens (including phenoxy) is 1. The van der Waals surface area contributed by atoms with E-state index in [-0.39, 0.29) is 17.3 Å². The zero-order valence-corrected chi connectivity index (χ0v) is 12.3. The molecule has 1 aliphatic carbocycles. The van der Waals surface area contributed by atoms with Crippen molar-refractivity contribution in [3.8, 4) is 0 Å². The van der Waals surface area contributed by atoms with Crippen LogP contribution in [-0.4, -0.2) is 17.2 Å². The summed E-state index contributed by atoms with van der Waals surface area (Å²) in [5.74, 6) is 0.0524. The number of hydrogen-bond donors (Lipinski definition) is 1. The zero-order chi connectivity index (χ0) is 14.5. The van der Waals surface area contributed by atoms with Crippen molar-refractivity contribution in [3.63, 3.8) is 0 Å². The van der Waals surface area contributed by atoms with Crippen LogP contribution in [0, 0.1) is 16.7 Å². The lowest BCUT2D eigenvalue weighted by atomic mass is 9.62. The van der Waals surface area contributed by atoms with Gasteiger partial charge in [0.2, 0.25) is 0 Å². The third-order valence-electron chi connectivity index (χ3n) is 5.85. The molecule has 0 unspecified atom stereocenters. The Kier molecular flexibility index (Phi) is 2.94. The summed E-state index contributed by atoms with van der Waals surface area (Å²) < 4.78 is 5.64. The molecule has 0 amide bonds. The van der Waals surface area contributed by atoms with Crippen LogP contribution in [0.1, 0.15) is 45.3 Å². The van der Waals surface area contributed by atoms with Gasteiger partial charge in [-0.2, -0.15) is 0 Å². The first-order valence-corrected chi connectivity index (χ1v) is 7.32. The Hall–Kier alpha value is -1.35. The molecule has 2 fully saturated rings. The first kappa shape index (κ1) is 13.6. The van der Waals surface area contributed by atoms with Crippen LogP contribution in [0.15, 0.2) is 30.3 Å². The molecular formula is C17H22O3. The van der Waals surface area contributed by atoms with Crippen molar-refractivity contribution < 1.29 is 14.6 Å². The number of fused-ring (bicyclic) bond motifs is 2. The highest BCUT2D eigenvalue weighted by molar-refractivity contribution is 5.79. The molecule has 0 aromatic heterocycles. The van der Waals surface area contributed by atoms with Gasteiger partial charge in [0, 0.05) is 5.92 Å². The second kappa shape index (κ2) is 4.32. The van der Waals surface area contributed by atoms with Crippen LogP contribution in [0.5, 0.6) is 0 Å². The lowest BCUT2D eigenvalue weighted by molar-refractivity contribution is -0.198. The van der Waals surface area contributed by atoms with E-state index in [9.17, 15) is 9.90 Å². The number of cyclic esters (lactones) is 1. The summed E-state index contributed by atoms with van der Waals surface area (Å²) in [4.78, 5) is 12.4. The van der Waals surface area contributed by atoms with Gasteiger partial charge in [-0.25, -0.2) is 0 Å². The fraction of sp³-hybridized carbons (Fsp3) is 0.588. The number of aliphatic hydroxyl groups is 1. The molecule has 1 aromatic rings. The monoisotopic (exact) mass is 274 g/mol. The van der Waals surface area contributed by atoms with Crippen molar-refractivity contribution in [1.82, 2.24) is 0 Å². The molecule has 2 aliphatic rings. The highest BCUT2D eigenvalue weighted by Gasteiger charge is 2.64. The molecule has 0 spiro atoms. The van der Waals surface area contributed by atoms with Gasteiger partial charge in [-0.15, -0.1) is 0 Å². The summed E-state index contributed by atoms with van der Waals surface area (Å²) >= 11 is 0. The molecule has 108 valence electrons. The van der Waals surface area contributed by atoms with Crippen molar-refractivity contribution in [2.45, 2.75) is 45.8 Å². The zero-order valence-electron chi connectivity index (χ0n) is 12.3. The standard InChI is InChI=1S/C17H22O3/c1-16(2)12-9-10-17(16,3)15(19)20-14(12)13(18)11-7-5-4-6-8-11/h4-8,12-14,18H,9-10H2,1-3H3/t12-,13-,14+,17-/m1/s1. The maximum absolute atomic E-state index is 12.4. The average Bonchev–Trinajstić information content (AvgIpc) is 2.58. The highest BCUT2D eigenvalue weighted by atomic mass is 16.6. The number of carbonyl (C=O) groups is 1. The fourth-order valence-electron chi connectivity index (χ4n) is 3.94. The summed E-state index contributed by atoms with van der Waals surface area (Å²) in [6.07, 6.45) is 0.605. The van der Waals surface area contributed by atoms with E-state index in [1.165, 1.54) is 0 Å². The molecule has 0 radical (unpaired) electrons. The second-order valence-electron chi connectivity index (χ2n) is 6.92. The van der Waals surface area contributed by atoms with Gasteiger partial charge < -0.3 is 9.84 Å². The van der Waals surface area contributed by atoms with Crippen LogP contribution in [-0.2, 0) is 9.53 Å². The highest BCUT2D eigenvalue weighted by Crippen LogP contribution is 2.62. The molecule has 1 aromatic carbocycles. The molecule has 1 aliphatic heterocycles. The van der Waals surface area contributed by atoms with Crippen LogP contribution in [0.25, 0.3) is 0 Å². The van der Waals surface area contributed by atoms with E-state index in [0.29, 0.717) is 0 Å². The van der Waals surface area contributed by atoms with Crippen molar-refractivity contribution in [3.05, 3.63) is 35.9 Å². The molecular weight excluding hydrogens is 252 g/mol. The lowest BCUT2D eigenvalue weighted by Crippen LogP contribution is -2.53. The number of carbonyl (C=O) groups excluding carboxylic acids is 1. The van der Waals surface area contributed by atoms with E-state index in [0.717, 1.165) is 18.4 Å². The molecule has 1 heterocycles. The molecule has 1 saturated carbocycles. The Morgan fingerprint density at radius 2 is 1.90 bits per heavy atom. The first-order valence-electron chi connectivity index (χ1n) is 7.32. The van der Waals surface area contributed by atoms with Gasteiger partial charge >= 0.3 is 5.97 Å². The van der Waals surface area contributed by atoms with Crippen LogP contribution in [0.2, 0.25) is 0 Å².